The summed E-state index contributed by atoms with van der Waals surface area (Å²) in [6.07, 6.45) is -4.47. The molecule has 24 heavy (non-hydrogen) atoms. The van der Waals surface area contributed by atoms with Crippen molar-refractivity contribution in [3.63, 3.8) is 0 Å². The van der Waals surface area contributed by atoms with Gasteiger partial charge in [0.15, 0.2) is 5.11 Å². The number of carbonyl (C=O) groups excluding carboxylic acids is 1. The van der Waals surface area contributed by atoms with Gasteiger partial charge in [-0.25, -0.2) is 4.79 Å². The van der Waals surface area contributed by atoms with Gasteiger partial charge < -0.3 is 15.4 Å². The summed E-state index contributed by atoms with van der Waals surface area (Å²) < 4.78 is 43.7. The Hall–Kier alpha value is -2.09. The quantitative estimate of drug-likeness (QED) is 0.641. The number of thiocarbonyl (C=S) groups is 1. The minimum absolute atomic E-state index is 0.0903. The molecule has 8 heteroatoms. The topological polar surface area (TPSA) is 50.4 Å². The monoisotopic (exact) mass is 358 g/mol. The smallest absolute Gasteiger partial charge is 0.416 e. The second kappa shape index (κ2) is 6.80. The number of ether oxygens (including phenoxy) is 1. The molecule has 130 valence electrons. The first-order valence-electron chi connectivity index (χ1n) is 7.22. The van der Waals surface area contributed by atoms with Crippen molar-refractivity contribution in [2.24, 2.45) is 5.92 Å². The van der Waals surface area contributed by atoms with Gasteiger partial charge in [-0.05, 0) is 35.8 Å². The highest BCUT2D eigenvalue weighted by Crippen LogP contribution is 2.34. The van der Waals surface area contributed by atoms with Crippen molar-refractivity contribution in [2.75, 3.05) is 7.11 Å². The average Bonchev–Trinajstić information content (AvgIpc) is 2.52. The standard InChI is InChI=1S/C16H17F3N2O2S/c1-8(2)12-11(14(22)23-3)13(21-15(24)20-12)9-5-4-6-10(7-9)16(17,18)19/h4-8,13H,1-3H3,(H2,20,21,24)/t13-/m1/s1. The predicted molar refractivity (Wildman–Crippen MR) is 86.9 cm³/mol. The van der Waals surface area contributed by atoms with E-state index in [-0.39, 0.29) is 22.2 Å². The van der Waals surface area contributed by atoms with Gasteiger partial charge in [-0.2, -0.15) is 13.2 Å². The van der Waals surface area contributed by atoms with Crippen molar-refractivity contribution in [3.8, 4) is 0 Å². The highest BCUT2D eigenvalue weighted by atomic mass is 32.1. The average molecular weight is 358 g/mol. The summed E-state index contributed by atoms with van der Waals surface area (Å²) in [4.78, 5) is 12.2. The molecule has 1 heterocycles. The van der Waals surface area contributed by atoms with Crippen molar-refractivity contribution in [3.05, 3.63) is 46.7 Å². The first-order chi connectivity index (χ1) is 11.1. The Morgan fingerprint density at radius 3 is 2.54 bits per heavy atom. The fourth-order valence-electron chi connectivity index (χ4n) is 2.52. The zero-order valence-corrected chi connectivity index (χ0v) is 14.1. The number of alkyl halides is 3. The van der Waals surface area contributed by atoms with E-state index >= 15 is 0 Å². The fraction of sp³-hybridized carbons (Fsp3) is 0.375. The summed E-state index contributed by atoms with van der Waals surface area (Å²) in [6, 6.07) is 3.99. The Labute approximate surface area is 143 Å². The maximum absolute atomic E-state index is 13.0. The number of methoxy groups -OCH3 is 1. The van der Waals surface area contributed by atoms with E-state index in [1.807, 2.05) is 13.8 Å². The molecule has 0 saturated heterocycles. The molecule has 0 unspecified atom stereocenters. The van der Waals surface area contributed by atoms with Gasteiger partial charge in [0.2, 0.25) is 0 Å². The van der Waals surface area contributed by atoms with Gasteiger partial charge in [0.1, 0.15) is 0 Å². The second-order valence-electron chi connectivity index (χ2n) is 5.63. The molecule has 2 N–H and O–H groups in total. The maximum atomic E-state index is 13.0. The van der Waals surface area contributed by atoms with Crippen LogP contribution in [0.3, 0.4) is 0 Å². The Bertz CT molecular complexity index is 699. The van der Waals surface area contributed by atoms with Crippen molar-refractivity contribution >= 4 is 23.3 Å². The van der Waals surface area contributed by atoms with Crippen LogP contribution in [0.1, 0.15) is 31.0 Å². The summed E-state index contributed by atoms with van der Waals surface area (Å²) in [7, 11) is 1.23. The zero-order chi connectivity index (χ0) is 18.1. The van der Waals surface area contributed by atoms with E-state index in [0.29, 0.717) is 5.70 Å². The maximum Gasteiger partial charge on any atom is 0.416 e. The fourth-order valence-corrected chi connectivity index (χ4v) is 2.75. The van der Waals surface area contributed by atoms with Crippen molar-refractivity contribution in [2.45, 2.75) is 26.1 Å². The largest absolute Gasteiger partial charge is 0.466 e. The van der Waals surface area contributed by atoms with Crippen molar-refractivity contribution in [1.82, 2.24) is 10.6 Å². The molecule has 0 fully saturated rings. The van der Waals surface area contributed by atoms with Gasteiger partial charge in [0.05, 0.1) is 24.3 Å². The molecule has 1 atom stereocenters. The number of halogens is 3. The summed E-state index contributed by atoms with van der Waals surface area (Å²) in [5, 5.41) is 6.00. The van der Waals surface area contributed by atoms with Gasteiger partial charge >= 0.3 is 12.1 Å². The van der Waals surface area contributed by atoms with Crippen LogP contribution in [0, 0.1) is 5.92 Å². The molecule has 1 aliphatic rings. The van der Waals surface area contributed by atoms with E-state index in [0.717, 1.165) is 12.1 Å². The number of nitrogens with one attached hydrogen (secondary N) is 2. The molecule has 1 aromatic carbocycles. The third-order valence-corrected chi connectivity index (χ3v) is 3.85. The van der Waals surface area contributed by atoms with E-state index < -0.39 is 23.8 Å². The molecule has 4 nitrogen and oxygen atoms in total. The van der Waals surface area contributed by atoms with Crippen LogP contribution in [0.25, 0.3) is 0 Å². The molecule has 0 aliphatic carbocycles. The lowest BCUT2D eigenvalue weighted by molar-refractivity contribution is -0.137. The van der Waals surface area contributed by atoms with Crippen LogP contribution in [-0.4, -0.2) is 18.2 Å². The first kappa shape index (κ1) is 18.3. The van der Waals surface area contributed by atoms with E-state index in [1.54, 1.807) is 0 Å². The lowest BCUT2D eigenvalue weighted by Crippen LogP contribution is -2.46. The summed E-state index contributed by atoms with van der Waals surface area (Å²) in [6.45, 7) is 3.70. The van der Waals surface area contributed by atoms with Crippen LogP contribution >= 0.6 is 12.2 Å². The van der Waals surface area contributed by atoms with Gasteiger partial charge in [-0.3, -0.25) is 0 Å². The molecule has 0 spiro atoms. The summed E-state index contributed by atoms with van der Waals surface area (Å²) in [5.74, 6) is -0.712. The number of benzene rings is 1. The Balaban J connectivity index is 2.59. The van der Waals surface area contributed by atoms with Crippen LogP contribution in [0.2, 0.25) is 0 Å². The van der Waals surface area contributed by atoms with E-state index in [9.17, 15) is 18.0 Å². The second-order valence-corrected chi connectivity index (χ2v) is 6.04. The number of allylic oxidation sites excluding steroid dienone is 1. The zero-order valence-electron chi connectivity index (χ0n) is 13.3. The van der Waals surface area contributed by atoms with Crippen LogP contribution in [0.4, 0.5) is 13.2 Å². The molecule has 0 radical (unpaired) electrons. The lowest BCUT2D eigenvalue weighted by Gasteiger charge is -2.32. The lowest BCUT2D eigenvalue weighted by atomic mass is 9.91. The van der Waals surface area contributed by atoms with Crippen molar-refractivity contribution in [1.29, 1.82) is 0 Å². The Morgan fingerprint density at radius 1 is 1.33 bits per heavy atom. The highest BCUT2D eigenvalue weighted by Gasteiger charge is 2.35. The molecule has 1 aliphatic heterocycles. The van der Waals surface area contributed by atoms with Crippen LogP contribution in [0.15, 0.2) is 35.5 Å². The van der Waals surface area contributed by atoms with Crippen LogP contribution in [-0.2, 0) is 15.7 Å². The molecule has 1 aromatic rings. The molecule has 2 rings (SSSR count). The normalized spacial score (nSPS) is 18.3. The Kier molecular flexibility index (Phi) is 5.17. The minimum atomic E-state index is -4.47. The highest BCUT2D eigenvalue weighted by molar-refractivity contribution is 7.80. The summed E-state index contributed by atoms with van der Waals surface area (Å²) >= 11 is 5.13. The molecular weight excluding hydrogens is 341 g/mol. The van der Waals surface area contributed by atoms with E-state index in [1.165, 1.54) is 19.2 Å². The molecule has 0 amide bonds. The number of rotatable bonds is 3. The van der Waals surface area contributed by atoms with E-state index in [2.05, 4.69) is 10.6 Å². The van der Waals surface area contributed by atoms with Gasteiger partial charge in [0.25, 0.3) is 0 Å². The predicted octanol–water partition coefficient (Wildman–Crippen LogP) is 3.31. The number of hydrogen-bond acceptors (Lipinski definition) is 3. The van der Waals surface area contributed by atoms with E-state index in [4.69, 9.17) is 17.0 Å². The van der Waals surface area contributed by atoms with Crippen LogP contribution in [0.5, 0.6) is 0 Å². The third-order valence-electron chi connectivity index (χ3n) is 3.63. The first-order valence-corrected chi connectivity index (χ1v) is 7.63. The number of esters is 1. The Morgan fingerprint density at radius 2 is 2.00 bits per heavy atom. The molecule has 0 bridgehead atoms. The van der Waals surface area contributed by atoms with Crippen LogP contribution < -0.4 is 10.6 Å². The van der Waals surface area contributed by atoms with Gasteiger partial charge in [-0.1, -0.05) is 26.0 Å². The molecule has 0 saturated carbocycles. The number of hydrogen-bond donors (Lipinski definition) is 2. The van der Waals surface area contributed by atoms with Crippen molar-refractivity contribution < 1.29 is 22.7 Å². The summed E-state index contributed by atoms with van der Waals surface area (Å²) in [5.41, 5.74) is 0.252. The minimum Gasteiger partial charge on any atom is -0.466 e. The van der Waals surface area contributed by atoms with Gasteiger partial charge in [-0.15, -0.1) is 0 Å². The third kappa shape index (κ3) is 3.69. The SMILES string of the molecule is COC(=O)C1=C(C(C)C)NC(=S)N[C@@H]1c1cccc(C(F)(F)F)c1. The molecule has 0 aromatic heterocycles. The van der Waals surface area contributed by atoms with Gasteiger partial charge in [0, 0.05) is 5.70 Å². The number of carbonyl (C=O) groups is 1. The molecular formula is C16H17F3N2O2S.